The highest BCUT2D eigenvalue weighted by atomic mass is 27.2. The SMILES string of the molecule is Fc1cc[c]([Al]([c]2c(F)c(F)c(F)c(F)c2F)[c]2c(F)c(F)c(F)c(F)c2F)c(F)c1. The largest absolute Gasteiger partial charge is 0.407 e. The summed E-state index contributed by atoms with van der Waals surface area (Å²) >= 11 is -5.01. The Morgan fingerprint density at radius 3 is 1.06 bits per heavy atom. The monoisotopic (exact) mass is 474 g/mol. The predicted molar refractivity (Wildman–Crippen MR) is 83.5 cm³/mol. The quantitative estimate of drug-likeness (QED) is 0.234. The van der Waals surface area contributed by atoms with Crippen molar-refractivity contribution in [3.8, 4) is 0 Å². The maximum absolute atomic E-state index is 14.4. The van der Waals surface area contributed by atoms with Crippen LogP contribution in [0.2, 0.25) is 0 Å². The molecule has 3 rings (SSSR count). The Kier molecular flexibility index (Phi) is 6.03. The lowest BCUT2D eigenvalue weighted by atomic mass is 10.3. The van der Waals surface area contributed by atoms with Gasteiger partial charge in [0.15, 0.2) is 58.2 Å². The molecule has 0 aliphatic rings. The molecule has 0 N–H and O–H groups in total. The van der Waals surface area contributed by atoms with Crippen LogP contribution in [-0.4, -0.2) is 14.1 Å². The summed E-state index contributed by atoms with van der Waals surface area (Å²) in [7, 11) is 0. The van der Waals surface area contributed by atoms with E-state index in [0.29, 0.717) is 12.1 Å². The van der Waals surface area contributed by atoms with Crippen molar-refractivity contribution < 1.29 is 52.7 Å². The lowest BCUT2D eigenvalue weighted by molar-refractivity contribution is 0.382. The van der Waals surface area contributed by atoms with Crippen molar-refractivity contribution in [1.82, 2.24) is 0 Å². The normalized spacial score (nSPS) is 11.2. The molecule has 0 amide bonds. The van der Waals surface area contributed by atoms with Crippen LogP contribution in [0.5, 0.6) is 0 Å². The first kappa shape index (κ1) is 23.0. The van der Waals surface area contributed by atoms with Crippen LogP contribution in [0, 0.1) is 69.8 Å². The molecule has 31 heavy (non-hydrogen) atoms. The van der Waals surface area contributed by atoms with Gasteiger partial charge in [0.25, 0.3) is 0 Å². The fourth-order valence-electron chi connectivity index (χ4n) is 2.94. The van der Waals surface area contributed by atoms with Crippen molar-refractivity contribution >= 4 is 27.4 Å². The number of benzene rings is 3. The molecule has 162 valence electrons. The molecule has 0 spiro atoms. The molecule has 0 nitrogen and oxygen atoms in total. The first-order valence-electron chi connectivity index (χ1n) is 7.87. The summed E-state index contributed by atoms with van der Waals surface area (Å²) in [4.78, 5) is 0. The van der Waals surface area contributed by atoms with Gasteiger partial charge in [0.1, 0.15) is 11.6 Å². The van der Waals surface area contributed by atoms with E-state index in [-0.39, 0.29) is 6.07 Å². The minimum atomic E-state index is -5.01. The van der Waals surface area contributed by atoms with Gasteiger partial charge < -0.3 is 0 Å². The standard InChI is InChI=1S/2C6F5.C6H3F2.Al/c2*7-2-1-3(8)5(10)6(11)4(2)9;7-5-2-1-3-6(8)4-5;/h;;1-2,4H;. The van der Waals surface area contributed by atoms with E-state index in [1.165, 1.54) is 0 Å². The molecule has 0 heterocycles. The lowest BCUT2D eigenvalue weighted by Crippen LogP contribution is -2.59. The Bertz CT molecular complexity index is 1100. The zero-order valence-electron chi connectivity index (χ0n) is 14.3. The van der Waals surface area contributed by atoms with Gasteiger partial charge >= 0.3 is 14.1 Å². The second kappa shape index (κ2) is 8.12. The molecule has 0 fully saturated rings. The number of rotatable bonds is 3. The molecule has 0 radical (unpaired) electrons. The van der Waals surface area contributed by atoms with Crippen LogP contribution in [0.25, 0.3) is 0 Å². The van der Waals surface area contributed by atoms with Gasteiger partial charge in [-0.25, -0.2) is 52.7 Å². The van der Waals surface area contributed by atoms with Crippen molar-refractivity contribution in [2.45, 2.75) is 0 Å². The van der Waals surface area contributed by atoms with Crippen molar-refractivity contribution in [3.63, 3.8) is 0 Å². The summed E-state index contributed by atoms with van der Waals surface area (Å²) in [6.45, 7) is 0. The molecule has 3 aromatic carbocycles. The highest BCUT2D eigenvalue weighted by Crippen LogP contribution is 2.21. The van der Waals surface area contributed by atoms with Gasteiger partial charge in [0.05, 0.1) is 0 Å². The summed E-state index contributed by atoms with van der Waals surface area (Å²) in [5, 5.41) is 0. The maximum Gasteiger partial charge on any atom is 0.407 e. The summed E-state index contributed by atoms with van der Waals surface area (Å²) in [5.41, 5.74) is 0. The molecule has 0 aliphatic carbocycles. The van der Waals surface area contributed by atoms with E-state index in [0.717, 1.165) is 0 Å². The molecule has 0 aromatic heterocycles. The summed E-state index contributed by atoms with van der Waals surface area (Å²) < 4.78 is 162. The fourth-order valence-corrected chi connectivity index (χ4v) is 6.02. The summed E-state index contributed by atoms with van der Waals surface area (Å²) in [6, 6.07) is 0.779. The van der Waals surface area contributed by atoms with E-state index in [9.17, 15) is 52.7 Å². The molecule has 0 unspecified atom stereocenters. The Morgan fingerprint density at radius 2 is 0.742 bits per heavy atom. The highest BCUT2D eigenvalue weighted by molar-refractivity contribution is 6.95. The van der Waals surface area contributed by atoms with E-state index in [1.54, 1.807) is 0 Å². The minimum Gasteiger partial charge on any atom is -0.208 e. The van der Waals surface area contributed by atoms with Gasteiger partial charge in [-0.05, 0) is 14.9 Å². The smallest absolute Gasteiger partial charge is 0.208 e. The van der Waals surface area contributed by atoms with Gasteiger partial charge in [-0.3, -0.25) is 0 Å². The van der Waals surface area contributed by atoms with E-state index < -0.39 is 97.2 Å². The van der Waals surface area contributed by atoms with Crippen LogP contribution in [0.1, 0.15) is 0 Å². The third-order valence-corrected chi connectivity index (χ3v) is 7.60. The molecular weight excluding hydrogens is 471 g/mol. The van der Waals surface area contributed by atoms with E-state index >= 15 is 0 Å². The molecule has 3 aromatic rings. The lowest BCUT2D eigenvalue weighted by Gasteiger charge is -2.19. The first-order valence-corrected chi connectivity index (χ1v) is 9.60. The third kappa shape index (κ3) is 3.55. The topological polar surface area (TPSA) is 0 Å². The average molecular weight is 474 g/mol. The Morgan fingerprint density at radius 1 is 0.419 bits per heavy atom. The van der Waals surface area contributed by atoms with E-state index in [1.807, 2.05) is 0 Å². The molecule has 0 saturated carbocycles. The Labute approximate surface area is 168 Å². The Balaban J connectivity index is 2.55. The number of hydrogen-bond acceptors (Lipinski definition) is 0. The van der Waals surface area contributed by atoms with Crippen LogP contribution >= 0.6 is 0 Å². The van der Waals surface area contributed by atoms with Gasteiger partial charge in [0.2, 0.25) is 0 Å². The van der Waals surface area contributed by atoms with Crippen molar-refractivity contribution in [3.05, 3.63) is 88.0 Å². The van der Waals surface area contributed by atoms with Gasteiger partial charge in [-0.15, -0.1) is 0 Å². The van der Waals surface area contributed by atoms with Gasteiger partial charge in [-0.2, -0.15) is 0 Å². The van der Waals surface area contributed by atoms with Crippen molar-refractivity contribution in [2.24, 2.45) is 0 Å². The number of hydrogen-bond donors (Lipinski definition) is 0. The predicted octanol–water partition coefficient (Wildman–Crippen LogP) is 3.87. The van der Waals surface area contributed by atoms with Gasteiger partial charge in [0, 0.05) is 6.07 Å². The highest BCUT2D eigenvalue weighted by Gasteiger charge is 2.43. The molecule has 0 atom stereocenters. The second-order valence-electron chi connectivity index (χ2n) is 6.07. The van der Waals surface area contributed by atoms with E-state index in [2.05, 4.69) is 0 Å². The van der Waals surface area contributed by atoms with Crippen molar-refractivity contribution in [2.75, 3.05) is 0 Å². The van der Waals surface area contributed by atoms with E-state index in [4.69, 9.17) is 0 Å². The van der Waals surface area contributed by atoms with Crippen LogP contribution in [0.15, 0.2) is 18.2 Å². The Hall–Kier alpha value is -2.65. The fraction of sp³-hybridized carbons (Fsp3) is 0. The zero-order valence-corrected chi connectivity index (χ0v) is 15.5. The number of halogens is 12. The molecule has 0 saturated heterocycles. The van der Waals surface area contributed by atoms with Crippen LogP contribution in [-0.2, 0) is 0 Å². The van der Waals surface area contributed by atoms with Gasteiger partial charge in [-0.1, -0.05) is 10.5 Å². The zero-order chi connectivity index (χ0) is 23.4. The second-order valence-corrected chi connectivity index (χ2v) is 8.71. The third-order valence-electron chi connectivity index (χ3n) is 4.34. The first-order chi connectivity index (χ1) is 14.4. The van der Waals surface area contributed by atoms with Crippen molar-refractivity contribution in [1.29, 1.82) is 0 Å². The summed E-state index contributed by atoms with van der Waals surface area (Å²) in [6.07, 6.45) is 0. The average Bonchev–Trinajstić information content (AvgIpc) is 2.73. The van der Waals surface area contributed by atoms with Crippen LogP contribution in [0.3, 0.4) is 0 Å². The van der Waals surface area contributed by atoms with Crippen LogP contribution < -0.4 is 13.3 Å². The maximum atomic E-state index is 14.4. The minimum absolute atomic E-state index is 0.0351. The van der Waals surface area contributed by atoms with Crippen LogP contribution in [0.4, 0.5) is 52.7 Å². The molecule has 13 heteroatoms. The molecular formula is C18H3AlF12. The molecule has 0 bridgehead atoms. The summed E-state index contributed by atoms with van der Waals surface area (Å²) in [5.74, 6) is -29.5. The molecule has 0 aliphatic heterocycles.